The van der Waals surface area contributed by atoms with E-state index < -0.39 is 21.4 Å². The lowest BCUT2D eigenvalue weighted by Gasteiger charge is -2.26. The Bertz CT molecular complexity index is 469. The third-order valence-electron chi connectivity index (χ3n) is 3.77. The van der Waals surface area contributed by atoms with Crippen molar-refractivity contribution < 1.29 is 23.1 Å². The van der Waals surface area contributed by atoms with Gasteiger partial charge in [-0.25, -0.2) is 13.1 Å². The molecule has 0 aromatic rings. The number of carbonyl (C=O) groups excluding carboxylic acids is 1. The van der Waals surface area contributed by atoms with Crippen LogP contribution >= 0.6 is 0 Å². The molecule has 1 saturated carbocycles. The molecule has 0 aromatic heterocycles. The van der Waals surface area contributed by atoms with Gasteiger partial charge in [-0.2, -0.15) is 0 Å². The number of carboxylic acid groups (broad SMARTS) is 1. The van der Waals surface area contributed by atoms with E-state index in [0.29, 0.717) is 13.0 Å². The van der Waals surface area contributed by atoms with Crippen LogP contribution in [-0.4, -0.2) is 44.7 Å². The molecule has 7 nitrogen and oxygen atoms in total. The van der Waals surface area contributed by atoms with Gasteiger partial charge in [0.1, 0.15) is 0 Å². The molecule has 0 bridgehead atoms. The Morgan fingerprint density at radius 1 is 1.14 bits per heavy atom. The SMILES string of the molecule is CS(=O)(=O)NCCCNC(=O)CC1(CC(=O)O)CCCC1. The average Bonchev–Trinajstić information content (AvgIpc) is 2.74. The first-order valence-electron chi connectivity index (χ1n) is 7.16. The summed E-state index contributed by atoms with van der Waals surface area (Å²) in [6.45, 7) is 0.657. The molecule has 0 atom stereocenters. The molecular weight excluding hydrogens is 296 g/mol. The minimum Gasteiger partial charge on any atom is -0.481 e. The number of hydrogen-bond acceptors (Lipinski definition) is 4. The van der Waals surface area contributed by atoms with Gasteiger partial charge in [-0.05, 0) is 24.7 Å². The van der Waals surface area contributed by atoms with Crippen LogP contribution in [-0.2, 0) is 19.6 Å². The molecule has 0 spiro atoms. The second kappa shape index (κ2) is 7.74. The summed E-state index contributed by atoms with van der Waals surface area (Å²) in [5.74, 6) is -1.01. The van der Waals surface area contributed by atoms with E-state index in [0.717, 1.165) is 31.9 Å². The molecule has 1 aliphatic carbocycles. The van der Waals surface area contributed by atoms with Gasteiger partial charge in [0.2, 0.25) is 15.9 Å². The maximum Gasteiger partial charge on any atom is 0.303 e. The summed E-state index contributed by atoms with van der Waals surface area (Å²) in [4.78, 5) is 22.8. The van der Waals surface area contributed by atoms with Crippen molar-refractivity contribution in [3.63, 3.8) is 0 Å². The van der Waals surface area contributed by atoms with Crippen LogP contribution in [0.5, 0.6) is 0 Å². The van der Waals surface area contributed by atoms with E-state index in [-0.39, 0.29) is 25.3 Å². The van der Waals surface area contributed by atoms with E-state index >= 15 is 0 Å². The zero-order valence-corrected chi connectivity index (χ0v) is 13.2. The molecule has 0 aromatic carbocycles. The Balaban J connectivity index is 2.30. The fourth-order valence-corrected chi connectivity index (χ4v) is 3.35. The summed E-state index contributed by atoms with van der Waals surface area (Å²) in [5, 5.41) is 11.7. The fourth-order valence-electron chi connectivity index (χ4n) is 2.84. The van der Waals surface area contributed by atoms with Crippen LogP contribution in [0.25, 0.3) is 0 Å². The zero-order chi connectivity index (χ0) is 15.9. The summed E-state index contributed by atoms with van der Waals surface area (Å²) in [5.41, 5.74) is -0.402. The zero-order valence-electron chi connectivity index (χ0n) is 12.4. The number of carboxylic acids is 1. The van der Waals surface area contributed by atoms with Gasteiger partial charge in [0.05, 0.1) is 12.7 Å². The predicted molar refractivity (Wildman–Crippen MR) is 78.2 cm³/mol. The summed E-state index contributed by atoms with van der Waals surface area (Å²) < 4.78 is 24.0. The molecule has 1 fully saturated rings. The van der Waals surface area contributed by atoms with E-state index in [2.05, 4.69) is 10.0 Å². The van der Waals surface area contributed by atoms with E-state index in [1.165, 1.54) is 0 Å². The van der Waals surface area contributed by atoms with Crippen LogP contribution < -0.4 is 10.0 Å². The Labute approximate surface area is 125 Å². The third kappa shape index (κ3) is 7.42. The number of rotatable bonds is 9. The smallest absolute Gasteiger partial charge is 0.303 e. The Morgan fingerprint density at radius 2 is 1.76 bits per heavy atom. The monoisotopic (exact) mass is 320 g/mol. The minimum absolute atomic E-state index is 0.0378. The number of sulfonamides is 1. The van der Waals surface area contributed by atoms with Gasteiger partial charge in [0.15, 0.2) is 0 Å². The number of nitrogens with one attached hydrogen (secondary N) is 2. The number of hydrogen-bond donors (Lipinski definition) is 3. The van der Waals surface area contributed by atoms with Crippen molar-refractivity contribution in [3.05, 3.63) is 0 Å². The second-order valence-electron chi connectivity index (χ2n) is 5.82. The largest absolute Gasteiger partial charge is 0.481 e. The molecule has 122 valence electrons. The first kappa shape index (κ1) is 17.9. The Morgan fingerprint density at radius 3 is 2.29 bits per heavy atom. The molecule has 1 aliphatic rings. The summed E-state index contributed by atoms with van der Waals surface area (Å²) >= 11 is 0. The van der Waals surface area contributed by atoms with Crippen LogP contribution in [0, 0.1) is 5.41 Å². The van der Waals surface area contributed by atoms with Gasteiger partial charge in [-0.1, -0.05) is 12.8 Å². The average molecular weight is 320 g/mol. The van der Waals surface area contributed by atoms with E-state index in [1.807, 2.05) is 0 Å². The highest BCUT2D eigenvalue weighted by atomic mass is 32.2. The molecule has 1 rings (SSSR count). The molecule has 8 heteroatoms. The van der Waals surface area contributed by atoms with Crippen molar-refractivity contribution in [3.8, 4) is 0 Å². The number of aliphatic carboxylic acids is 1. The highest BCUT2D eigenvalue weighted by Crippen LogP contribution is 2.43. The van der Waals surface area contributed by atoms with Crippen molar-refractivity contribution in [1.82, 2.24) is 10.0 Å². The lowest BCUT2D eigenvalue weighted by molar-refractivity contribution is -0.140. The van der Waals surface area contributed by atoms with E-state index in [4.69, 9.17) is 5.11 Å². The van der Waals surface area contributed by atoms with Gasteiger partial charge in [-0.15, -0.1) is 0 Å². The highest BCUT2D eigenvalue weighted by molar-refractivity contribution is 7.88. The Kier molecular flexibility index (Phi) is 6.60. The second-order valence-corrected chi connectivity index (χ2v) is 7.66. The summed E-state index contributed by atoms with van der Waals surface area (Å²) in [6.07, 6.45) is 5.36. The van der Waals surface area contributed by atoms with Crippen molar-refractivity contribution in [2.24, 2.45) is 5.41 Å². The summed E-state index contributed by atoms with van der Waals surface area (Å²) in [6, 6.07) is 0. The lowest BCUT2D eigenvalue weighted by Crippen LogP contribution is -2.33. The molecule has 0 saturated heterocycles. The molecule has 0 unspecified atom stereocenters. The molecule has 0 radical (unpaired) electrons. The first-order chi connectivity index (χ1) is 9.72. The maximum absolute atomic E-state index is 11.9. The topological polar surface area (TPSA) is 113 Å². The molecule has 3 N–H and O–H groups in total. The third-order valence-corrected chi connectivity index (χ3v) is 4.49. The van der Waals surface area contributed by atoms with Gasteiger partial charge in [-0.3, -0.25) is 9.59 Å². The molecule has 0 aliphatic heterocycles. The van der Waals surface area contributed by atoms with E-state index in [9.17, 15) is 18.0 Å². The number of amides is 1. The molecular formula is C13H24N2O5S. The molecule has 21 heavy (non-hydrogen) atoms. The van der Waals surface area contributed by atoms with Crippen LogP contribution in [0.3, 0.4) is 0 Å². The van der Waals surface area contributed by atoms with Crippen LogP contribution in [0.2, 0.25) is 0 Å². The van der Waals surface area contributed by atoms with Crippen molar-refractivity contribution in [1.29, 1.82) is 0 Å². The molecule has 1 amide bonds. The van der Waals surface area contributed by atoms with Crippen LogP contribution in [0.15, 0.2) is 0 Å². The molecule has 0 heterocycles. The normalized spacial score (nSPS) is 17.6. The maximum atomic E-state index is 11.9. The van der Waals surface area contributed by atoms with Crippen molar-refractivity contribution in [2.45, 2.75) is 44.9 Å². The summed E-state index contributed by atoms with van der Waals surface area (Å²) in [7, 11) is -3.19. The Hall–Kier alpha value is -1.15. The van der Waals surface area contributed by atoms with Gasteiger partial charge in [0.25, 0.3) is 0 Å². The predicted octanol–water partition coefficient (Wildman–Crippen LogP) is 0.467. The van der Waals surface area contributed by atoms with Gasteiger partial charge < -0.3 is 10.4 Å². The fraction of sp³-hybridized carbons (Fsp3) is 0.846. The first-order valence-corrected chi connectivity index (χ1v) is 9.05. The lowest BCUT2D eigenvalue weighted by atomic mass is 9.79. The van der Waals surface area contributed by atoms with Crippen molar-refractivity contribution in [2.75, 3.05) is 19.3 Å². The standard InChI is InChI=1S/C13H24N2O5S/c1-21(19,20)15-8-4-7-14-11(16)9-13(10-12(17)18)5-2-3-6-13/h15H,2-10H2,1H3,(H,14,16)(H,17,18). The highest BCUT2D eigenvalue weighted by Gasteiger charge is 2.37. The number of carbonyl (C=O) groups is 2. The van der Waals surface area contributed by atoms with Gasteiger partial charge >= 0.3 is 5.97 Å². The van der Waals surface area contributed by atoms with Gasteiger partial charge in [0, 0.05) is 19.5 Å². The minimum atomic E-state index is -3.19. The van der Waals surface area contributed by atoms with Crippen LogP contribution in [0.4, 0.5) is 0 Å². The van der Waals surface area contributed by atoms with Crippen LogP contribution in [0.1, 0.15) is 44.9 Å². The quantitative estimate of drug-likeness (QED) is 0.534. The van der Waals surface area contributed by atoms with E-state index in [1.54, 1.807) is 0 Å². The van der Waals surface area contributed by atoms with Crippen molar-refractivity contribution >= 4 is 21.9 Å².